The number of imidazole rings is 1. The predicted octanol–water partition coefficient (Wildman–Crippen LogP) is 3.62. The topological polar surface area (TPSA) is 72.3 Å². The van der Waals surface area contributed by atoms with Crippen LogP contribution in [0.15, 0.2) is 61.2 Å². The van der Waals surface area contributed by atoms with Crippen LogP contribution >= 0.6 is 0 Å². The number of hydrogen-bond donors (Lipinski definition) is 1. The van der Waals surface area contributed by atoms with Gasteiger partial charge in [0.15, 0.2) is 5.82 Å². The Kier molecular flexibility index (Phi) is 4.51. The Hall–Kier alpha value is -3.35. The van der Waals surface area contributed by atoms with Gasteiger partial charge in [-0.15, -0.1) is 5.10 Å². The zero-order valence-corrected chi connectivity index (χ0v) is 14.0. The summed E-state index contributed by atoms with van der Waals surface area (Å²) in [6.45, 7) is -0.327. The molecule has 130 valence electrons. The highest BCUT2D eigenvalue weighted by Crippen LogP contribution is 2.28. The number of benzene rings is 2. The highest BCUT2D eigenvalue weighted by molar-refractivity contribution is 5.71. The maximum atomic E-state index is 12.8. The van der Waals surface area contributed by atoms with Gasteiger partial charge in [0.2, 0.25) is 0 Å². The van der Waals surface area contributed by atoms with Gasteiger partial charge in [0, 0.05) is 23.6 Å². The van der Waals surface area contributed by atoms with Gasteiger partial charge in [-0.2, -0.15) is 0 Å². The highest BCUT2D eigenvalue weighted by atomic mass is 19.1. The molecule has 0 aliphatic carbocycles. The zero-order valence-electron chi connectivity index (χ0n) is 14.0. The van der Waals surface area contributed by atoms with Gasteiger partial charge in [-0.1, -0.05) is 30.3 Å². The van der Waals surface area contributed by atoms with Crippen molar-refractivity contribution in [3.63, 3.8) is 0 Å². The number of nitrogens with one attached hydrogen (secondary N) is 1. The van der Waals surface area contributed by atoms with Gasteiger partial charge in [-0.25, -0.2) is 10.1 Å². The lowest BCUT2D eigenvalue weighted by Crippen LogP contribution is -1.97. The van der Waals surface area contributed by atoms with Crippen LogP contribution in [0.2, 0.25) is 0 Å². The molecule has 0 spiro atoms. The van der Waals surface area contributed by atoms with Crippen molar-refractivity contribution in [3.05, 3.63) is 66.7 Å². The molecule has 2 aromatic carbocycles. The van der Waals surface area contributed by atoms with Crippen molar-refractivity contribution in [1.82, 2.24) is 30.2 Å². The van der Waals surface area contributed by atoms with Gasteiger partial charge >= 0.3 is 0 Å². The summed E-state index contributed by atoms with van der Waals surface area (Å²) in [6.07, 6.45) is 6.58. The monoisotopic (exact) mass is 348 g/mol. The molecule has 0 fully saturated rings. The lowest BCUT2D eigenvalue weighted by molar-refractivity contribution is 0.473. The van der Waals surface area contributed by atoms with Crippen molar-refractivity contribution in [2.75, 3.05) is 6.67 Å². The second-order valence-corrected chi connectivity index (χ2v) is 5.93. The fourth-order valence-corrected chi connectivity index (χ4v) is 2.99. The first kappa shape index (κ1) is 16.1. The van der Waals surface area contributed by atoms with Crippen LogP contribution in [-0.4, -0.2) is 36.8 Å². The van der Waals surface area contributed by atoms with Gasteiger partial charge < -0.3 is 4.57 Å². The fourth-order valence-electron chi connectivity index (χ4n) is 2.99. The predicted molar refractivity (Wildman–Crippen MR) is 96.5 cm³/mol. The quantitative estimate of drug-likeness (QED) is 0.578. The summed E-state index contributed by atoms with van der Waals surface area (Å²) in [7, 11) is 0. The molecular weight excluding hydrogens is 331 g/mol. The third-order valence-electron chi connectivity index (χ3n) is 4.29. The molecular formula is C19H17FN6. The number of hydrogen-bond acceptors (Lipinski definition) is 4. The number of alkyl halides is 1. The number of tetrazole rings is 1. The molecule has 7 heteroatoms. The summed E-state index contributed by atoms with van der Waals surface area (Å²) < 4.78 is 14.7. The molecule has 0 amide bonds. The first-order valence-electron chi connectivity index (χ1n) is 8.37. The van der Waals surface area contributed by atoms with E-state index in [9.17, 15) is 4.39 Å². The van der Waals surface area contributed by atoms with Crippen LogP contribution in [0.5, 0.6) is 0 Å². The second kappa shape index (κ2) is 7.26. The number of aromatic amines is 1. The number of halogens is 1. The lowest BCUT2D eigenvalue weighted by atomic mass is 9.95. The molecule has 6 nitrogen and oxygen atoms in total. The van der Waals surface area contributed by atoms with Crippen molar-refractivity contribution >= 4 is 0 Å². The van der Waals surface area contributed by atoms with E-state index in [0.717, 1.165) is 27.9 Å². The van der Waals surface area contributed by atoms with Crippen LogP contribution in [0.3, 0.4) is 0 Å². The van der Waals surface area contributed by atoms with Crippen LogP contribution in [0.25, 0.3) is 28.2 Å². The highest BCUT2D eigenvalue weighted by Gasteiger charge is 2.09. The molecule has 2 aromatic heterocycles. The summed E-state index contributed by atoms with van der Waals surface area (Å²) in [5.74, 6) is 0.629. The number of nitrogens with zero attached hydrogens (tertiary/aromatic N) is 5. The normalized spacial score (nSPS) is 11.0. The molecule has 0 saturated carbocycles. The largest absolute Gasteiger partial charge is 0.306 e. The Morgan fingerprint density at radius 1 is 1.04 bits per heavy atom. The Labute approximate surface area is 149 Å². The molecule has 0 unspecified atom stereocenters. The summed E-state index contributed by atoms with van der Waals surface area (Å²) in [6, 6.07) is 14.2. The van der Waals surface area contributed by atoms with Crippen molar-refractivity contribution in [3.8, 4) is 28.2 Å². The second-order valence-electron chi connectivity index (χ2n) is 5.93. The minimum atomic E-state index is -0.327. The van der Waals surface area contributed by atoms with Gasteiger partial charge in [0.25, 0.3) is 0 Å². The van der Waals surface area contributed by atoms with Crippen LogP contribution < -0.4 is 0 Å². The molecule has 4 rings (SSSR count). The van der Waals surface area contributed by atoms with Crippen molar-refractivity contribution < 1.29 is 4.39 Å². The average molecular weight is 348 g/mol. The molecule has 0 radical (unpaired) electrons. The molecule has 0 bridgehead atoms. The van der Waals surface area contributed by atoms with E-state index < -0.39 is 0 Å². The van der Waals surface area contributed by atoms with Crippen molar-refractivity contribution in [1.29, 1.82) is 0 Å². The first-order chi connectivity index (χ1) is 12.8. The average Bonchev–Trinajstić information content (AvgIpc) is 3.40. The molecule has 0 aliphatic heterocycles. The van der Waals surface area contributed by atoms with Gasteiger partial charge in [0.1, 0.15) is 0 Å². The number of aryl methyl sites for hydroxylation is 1. The Morgan fingerprint density at radius 3 is 2.58 bits per heavy atom. The summed E-state index contributed by atoms with van der Waals surface area (Å²) in [5, 5.41) is 13.9. The zero-order chi connectivity index (χ0) is 17.8. The lowest BCUT2D eigenvalue weighted by Gasteiger charge is -2.13. The Bertz CT molecular complexity index is 962. The minimum absolute atomic E-state index is 0.327. The smallest absolute Gasteiger partial charge is 0.179 e. The standard InChI is InChI=1S/C19H17FN6/c20-9-1-2-16-12-17(26-11-10-21-13-26)7-8-18(16)14-3-5-15(6-4-14)19-22-24-25-23-19/h3-8,10-13H,1-2,9H2,(H,22,23,24,25). The number of aromatic nitrogens is 6. The van der Waals surface area contributed by atoms with Gasteiger partial charge in [-0.3, -0.25) is 4.39 Å². The van der Waals surface area contributed by atoms with Crippen molar-refractivity contribution in [2.24, 2.45) is 0 Å². The minimum Gasteiger partial charge on any atom is -0.306 e. The molecule has 1 N–H and O–H groups in total. The molecule has 26 heavy (non-hydrogen) atoms. The van der Waals surface area contributed by atoms with E-state index in [2.05, 4.69) is 37.7 Å². The van der Waals surface area contributed by atoms with Gasteiger partial charge in [0.05, 0.1) is 13.0 Å². The Balaban J connectivity index is 1.70. The first-order valence-corrected chi connectivity index (χ1v) is 8.37. The van der Waals surface area contributed by atoms with Crippen LogP contribution in [0.4, 0.5) is 4.39 Å². The molecule has 4 aromatic rings. The van der Waals surface area contributed by atoms with E-state index in [-0.39, 0.29) is 6.67 Å². The van der Waals surface area contributed by atoms with Crippen LogP contribution in [-0.2, 0) is 6.42 Å². The van der Waals surface area contributed by atoms with E-state index in [1.807, 2.05) is 41.1 Å². The van der Waals surface area contributed by atoms with Gasteiger partial charge in [-0.05, 0) is 52.1 Å². The van der Waals surface area contributed by atoms with E-state index >= 15 is 0 Å². The van der Waals surface area contributed by atoms with E-state index in [0.29, 0.717) is 18.7 Å². The molecule has 0 atom stereocenters. The number of H-pyrrole nitrogens is 1. The Morgan fingerprint density at radius 2 is 1.88 bits per heavy atom. The summed E-state index contributed by atoms with van der Waals surface area (Å²) >= 11 is 0. The molecule has 0 aliphatic rings. The fraction of sp³-hybridized carbons (Fsp3) is 0.158. The molecule has 2 heterocycles. The SMILES string of the molecule is FCCCc1cc(-n2ccnc2)ccc1-c1ccc(-c2nnn[nH]2)cc1. The van der Waals surface area contributed by atoms with Crippen LogP contribution in [0.1, 0.15) is 12.0 Å². The maximum absolute atomic E-state index is 12.8. The summed E-state index contributed by atoms with van der Waals surface area (Å²) in [5.41, 5.74) is 5.23. The van der Waals surface area contributed by atoms with E-state index in [1.54, 1.807) is 12.5 Å². The number of rotatable bonds is 6. The van der Waals surface area contributed by atoms with Crippen molar-refractivity contribution in [2.45, 2.75) is 12.8 Å². The maximum Gasteiger partial charge on any atom is 0.179 e. The van der Waals surface area contributed by atoms with E-state index in [1.165, 1.54) is 0 Å². The van der Waals surface area contributed by atoms with Crippen LogP contribution in [0, 0.1) is 0 Å². The third-order valence-corrected chi connectivity index (χ3v) is 4.29. The third kappa shape index (κ3) is 3.23. The summed E-state index contributed by atoms with van der Waals surface area (Å²) in [4.78, 5) is 4.09. The molecule has 0 saturated heterocycles. The van der Waals surface area contributed by atoms with E-state index in [4.69, 9.17) is 0 Å².